The maximum absolute atomic E-state index is 13.0. The van der Waals surface area contributed by atoms with Crippen molar-refractivity contribution in [3.63, 3.8) is 0 Å². The molecule has 8 unspecified atom stereocenters. The molecule has 346 valence electrons. The van der Waals surface area contributed by atoms with Gasteiger partial charge in [-0.25, -0.2) is 0 Å². The Bertz CT molecular complexity index is 1040. The summed E-state index contributed by atoms with van der Waals surface area (Å²) in [6.07, 6.45) is 38.0. The molecule has 7 N–H and O–H groups in total. The van der Waals surface area contributed by atoms with E-state index in [2.05, 4.69) is 43.5 Å². The van der Waals surface area contributed by atoms with E-state index in [9.17, 15) is 35.4 Å². The third kappa shape index (κ3) is 29.3. The van der Waals surface area contributed by atoms with Crippen LogP contribution in [-0.4, -0.2) is 98.7 Å². The summed E-state index contributed by atoms with van der Waals surface area (Å²) >= 11 is 0. The van der Waals surface area contributed by atoms with Gasteiger partial charge in [0.15, 0.2) is 6.29 Å². The fourth-order valence-corrected chi connectivity index (χ4v) is 7.53. The third-order valence-electron chi connectivity index (χ3n) is 11.5. The lowest BCUT2D eigenvalue weighted by atomic mass is 9.99. The number of unbranched alkanes of at least 4 members (excludes halogenated alkanes) is 25. The monoisotopic (exact) mass is 838 g/mol. The predicted molar refractivity (Wildman–Crippen MR) is 241 cm³/mol. The Labute approximate surface area is 360 Å². The Hall–Kier alpha value is -1.63. The molecular weight excluding hydrogens is 747 g/mol. The van der Waals surface area contributed by atoms with Crippen LogP contribution < -0.4 is 5.32 Å². The van der Waals surface area contributed by atoms with E-state index in [4.69, 9.17) is 9.47 Å². The van der Waals surface area contributed by atoms with E-state index in [1.54, 1.807) is 6.08 Å². The summed E-state index contributed by atoms with van der Waals surface area (Å²) in [5.74, 6) is -0.631. The molecule has 10 nitrogen and oxygen atoms in total. The van der Waals surface area contributed by atoms with Crippen LogP contribution in [0.2, 0.25) is 0 Å². The lowest BCUT2D eigenvalue weighted by Crippen LogP contribution is -2.60. The van der Waals surface area contributed by atoms with Crippen molar-refractivity contribution in [2.75, 3.05) is 13.2 Å². The molecule has 59 heavy (non-hydrogen) atoms. The molecule has 0 bridgehead atoms. The van der Waals surface area contributed by atoms with E-state index in [1.165, 1.54) is 135 Å². The van der Waals surface area contributed by atoms with E-state index < -0.39 is 61.5 Å². The first kappa shape index (κ1) is 55.4. The third-order valence-corrected chi connectivity index (χ3v) is 11.5. The lowest BCUT2D eigenvalue weighted by Gasteiger charge is -2.40. The van der Waals surface area contributed by atoms with Gasteiger partial charge in [-0.1, -0.05) is 185 Å². The van der Waals surface area contributed by atoms with Gasteiger partial charge < -0.3 is 45.4 Å². The van der Waals surface area contributed by atoms with Gasteiger partial charge in [0.05, 0.1) is 25.4 Å². The zero-order chi connectivity index (χ0) is 43.2. The quantitative estimate of drug-likeness (QED) is 0.0235. The molecule has 8 atom stereocenters. The van der Waals surface area contributed by atoms with Crippen molar-refractivity contribution in [1.82, 2.24) is 5.32 Å². The van der Waals surface area contributed by atoms with Crippen LogP contribution in [0.5, 0.6) is 0 Å². The minimum Gasteiger partial charge on any atom is -0.394 e. The molecule has 1 heterocycles. The van der Waals surface area contributed by atoms with Crippen LogP contribution in [0.4, 0.5) is 0 Å². The van der Waals surface area contributed by atoms with E-state index in [-0.39, 0.29) is 6.61 Å². The predicted octanol–water partition coefficient (Wildman–Crippen LogP) is 9.42. The van der Waals surface area contributed by atoms with E-state index in [1.807, 2.05) is 6.08 Å². The number of aliphatic hydroxyl groups excluding tert-OH is 6. The zero-order valence-electron chi connectivity index (χ0n) is 37.6. The van der Waals surface area contributed by atoms with Crippen LogP contribution in [0.1, 0.15) is 206 Å². The molecule has 1 fully saturated rings. The van der Waals surface area contributed by atoms with Crippen LogP contribution in [0.25, 0.3) is 0 Å². The van der Waals surface area contributed by atoms with Crippen molar-refractivity contribution in [2.45, 2.75) is 255 Å². The molecule has 0 aromatic rings. The van der Waals surface area contributed by atoms with Crippen molar-refractivity contribution in [1.29, 1.82) is 0 Å². The molecule has 10 heteroatoms. The van der Waals surface area contributed by atoms with Crippen LogP contribution in [0, 0.1) is 0 Å². The van der Waals surface area contributed by atoms with Gasteiger partial charge in [0.2, 0.25) is 5.91 Å². The highest BCUT2D eigenvalue weighted by molar-refractivity contribution is 5.80. The standard InChI is InChI=1S/C49H91NO9/c1-3-5-7-9-11-13-15-17-19-21-22-24-26-28-30-32-34-36-38-43(53)48(57)50-41(40-58-49-47(56)46(55)45(54)44(39-51)59-49)42(52)37-35-33-31-29-27-25-23-20-18-16-14-12-10-8-6-4-2/h21-22,27,29,35,37,41-47,49,51-56H,3-20,23-26,28,30-34,36,38-40H2,1-2H3,(H,50,57)/b22-21-,29-27+,37-35+. The molecule has 0 aromatic heterocycles. The Balaban J connectivity index is 2.42. The molecule has 0 spiro atoms. The molecule has 0 saturated carbocycles. The van der Waals surface area contributed by atoms with Gasteiger partial charge in [0.25, 0.3) is 0 Å². The second kappa shape index (κ2) is 39.2. The van der Waals surface area contributed by atoms with Crippen LogP contribution in [0.3, 0.4) is 0 Å². The van der Waals surface area contributed by atoms with Gasteiger partial charge >= 0.3 is 0 Å². The van der Waals surface area contributed by atoms with Crippen LogP contribution >= 0.6 is 0 Å². The zero-order valence-corrected chi connectivity index (χ0v) is 37.6. The first-order chi connectivity index (χ1) is 28.8. The number of carbonyl (C=O) groups excluding carboxylic acids is 1. The largest absolute Gasteiger partial charge is 0.394 e. The average Bonchev–Trinajstić information content (AvgIpc) is 3.23. The van der Waals surface area contributed by atoms with Crippen molar-refractivity contribution >= 4 is 5.91 Å². The van der Waals surface area contributed by atoms with E-state index in [0.717, 1.165) is 38.5 Å². The number of hydrogen-bond donors (Lipinski definition) is 7. The second-order valence-electron chi connectivity index (χ2n) is 17.0. The van der Waals surface area contributed by atoms with Crippen LogP contribution in [0.15, 0.2) is 36.5 Å². The Morgan fingerprint density at radius 2 is 1.00 bits per heavy atom. The highest BCUT2D eigenvalue weighted by Gasteiger charge is 2.44. The van der Waals surface area contributed by atoms with Gasteiger partial charge in [-0.2, -0.15) is 0 Å². The minimum absolute atomic E-state index is 0.297. The minimum atomic E-state index is -1.62. The Morgan fingerprint density at radius 3 is 1.47 bits per heavy atom. The van der Waals surface area contributed by atoms with Crippen LogP contribution in [-0.2, 0) is 14.3 Å². The topological polar surface area (TPSA) is 169 Å². The van der Waals surface area contributed by atoms with Gasteiger partial charge in [0.1, 0.15) is 30.5 Å². The summed E-state index contributed by atoms with van der Waals surface area (Å²) in [6.45, 7) is 3.59. The van der Waals surface area contributed by atoms with Gasteiger partial charge in [-0.15, -0.1) is 0 Å². The van der Waals surface area contributed by atoms with Crippen molar-refractivity contribution in [2.24, 2.45) is 0 Å². The highest BCUT2D eigenvalue weighted by atomic mass is 16.7. The molecule has 1 amide bonds. The SMILES string of the molecule is CCCCCCCCCC/C=C\CCCCCCCCC(O)C(=O)NC(COC1OC(CO)C(O)C(O)C1O)C(O)/C=C/CC/C=C/CCCCCCCCCCCC. The molecule has 0 radical (unpaired) electrons. The lowest BCUT2D eigenvalue weighted by molar-refractivity contribution is -0.302. The van der Waals surface area contributed by atoms with Gasteiger partial charge in [-0.3, -0.25) is 4.79 Å². The number of carbonyl (C=O) groups is 1. The Kier molecular flexibility index (Phi) is 36.8. The Morgan fingerprint density at radius 1 is 0.576 bits per heavy atom. The molecule has 0 aliphatic carbocycles. The maximum Gasteiger partial charge on any atom is 0.249 e. The molecule has 1 saturated heterocycles. The summed E-state index contributed by atoms with van der Waals surface area (Å²) in [6, 6.07) is -0.998. The fourth-order valence-electron chi connectivity index (χ4n) is 7.53. The van der Waals surface area contributed by atoms with Gasteiger partial charge in [0, 0.05) is 0 Å². The molecule has 0 aromatic carbocycles. The first-order valence-corrected chi connectivity index (χ1v) is 24.3. The molecule has 1 aliphatic heterocycles. The second-order valence-corrected chi connectivity index (χ2v) is 17.0. The maximum atomic E-state index is 13.0. The summed E-state index contributed by atoms with van der Waals surface area (Å²) in [5.41, 5.74) is 0. The molecule has 1 rings (SSSR count). The number of hydrogen-bond acceptors (Lipinski definition) is 9. The summed E-state index contributed by atoms with van der Waals surface area (Å²) in [5, 5.41) is 64.7. The number of rotatable bonds is 40. The number of amides is 1. The number of nitrogens with one attached hydrogen (secondary N) is 1. The first-order valence-electron chi connectivity index (χ1n) is 24.3. The van der Waals surface area contributed by atoms with Crippen molar-refractivity contribution in [3.05, 3.63) is 36.5 Å². The normalized spacial score (nSPS) is 21.5. The average molecular weight is 838 g/mol. The fraction of sp³-hybridized carbons (Fsp3) is 0.857. The number of ether oxygens (including phenoxy) is 2. The highest BCUT2D eigenvalue weighted by Crippen LogP contribution is 2.23. The van der Waals surface area contributed by atoms with E-state index >= 15 is 0 Å². The summed E-state index contributed by atoms with van der Waals surface area (Å²) in [4.78, 5) is 13.0. The smallest absolute Gasteiger partial charge is 0.249 e. The molecular formula is C49H91NO9. The van der Waals surface area contributed by atoms with Crippen molar-refractivity contribution < 1.29 is 44.9 Å². The van der Waals surface area contributed by atoms with E-state index in [0.29, 0.717) is 19.3 Å². The summed E-state index contributed by atoms with van der Waals surface area (Å²) < 4.78 is 11.1. The molecule has 1 aliphatic rings. The number of allylic oxidation sites excluding steroid dienone is 5. The van der Waals surface area contributed by atoms with Crippen molar-refractivity contribution in [3.8, 4) is 0 Å². The number of aliphatic hydroxyl groups is 6. The van der Waals surface area contributed by atoms with Gasteiger partial charge in [-0.05, 0) is 57.8 Å². The summed E-state index contributed by atoms with van der Waals surface area (Å²) in [7, 11) is 0.